The van der Waals surface area contributed by atoms with E-state index in [2.05, 4.69) is 43.3 Å². The summed E-state index contributed by atoms with van der Waals surface area (Å²) in [5.74, 6) is 1.10. The highest BCUT2D eigenvalue weighted by Crippen LogP contribution is 2.58. The minimum atomic E-state index is 0.116. The van der Waals surface area contributed by atoms with Crippen LogP contribution in [0.2, 0.25) is 0 Å². The molecular weight excluding hydrogens is 292 g/mol. The third-order valence-electron chi connectivity index (χ3n) is 6.63. The number of benzene rings is 2. The molecule has 2 aromatic rings. The molecule has 0 aliphatic heterocycles. The van der Waals surface area contributed by atoms with E-state index in [0.29, 0.717) is 18.1 Å². The second kappa shape index (κ2) is 5.05. The van der Waals surface area contributed by atoms with Crippen molar-refractivity contribution >= 4 is 16.6 Å². The first-order valence-corrected chi connectivity index (χ1v) is 9.43. The highest BCUT2D eigenvalue weighted by molar-refractivity contribution is 5.91. The molecule has 1 heteroatoms. The van der Waals surface area contributed by atoms with Crippen LogP contribution in [0.3, 0.4) is 0 Å². The summed E-state index contributed by atoms with van der Waals surface area (Å²) in [5.41, 5.74) is 5.92. The number of rotatable bonds is 2. The molecule has 0 amide bonds. The van der Waals surface area contributed by atoms with Gasteiger partial charge >= 0.3 is 0 Å². The minimum Gasteiger partial charge on any atom is -0.299 e. The Balaban J connectivity index is 1.69. The minimum absolute atomic E-state index is 0.116. The molecule has 2 unspecified atom stereocenters. The summed E-state index contributed by atoms with van der Waals surface area (Å²) in [4.78, 5) is 12.5. The number of aryl methyl sites for hydroxylation is 1. The van der Waals surface area contributed by atoms with Gasteiger partial charge in [0, 0.05) is 18.3 Å². The zero-order valence-electron chi connectivity index (χ0n) is 14.4. The van der Waals surface area contributed by atoms with Gasteiger partial charge in [-0.05, 0) is 59.1 Å². The van der Waals surface area contributed by atoms with Gasteiger partial charge in [0.2, 0.25) is 0 Å². The normalized spacial score (nSPS) is 27.8. The number of allylic oxidation sites excluding steroid dienone is 2. The van der Waals surface area contributed by atoms with E-state index in [-0.39, 0.29) is 5.41 Å². The molecule has 0 N–H and O–H groups in total. The Morgan fingerprint density at radius 1 is 1.12 bits per heavy atom. The van der Waals surface area contributed by atoms with Crippen molar-refractivity contribution in [2.45, 2.75) is 57.3 Å². The standard InChI is InChI=1S/C23H24O/c1-2-3-15-4-6-17-12-22-19(10-18(17)8-15)11-21(24)14-23(22)13-16-5-7-20(23)9-16/h4-6,8,10,12,20H,2-3,7,9,11,13-14H2,1H3. The van der Waals surface area contributed by atoms with Crippen molar-refractivity contribution in [1.82, 2.24) is 0 Å². The van der Waals surface area contributed by atoms with E-state index in [0.717, 1.165) is 19.3 Å². The van der Waals surface area contributed by atoms with Gasteiger partial charge in [-0.2, -0.15) is 0 Å². The van der Waals surface area contributed by atoms with Crippen LogP contribution in [0.25, 0.3) is 10.8 Å². The van der Waals surface area contributed by atoms with Crippen molar-refractivity contribution in [3.63, 3.8) is 0 Å². The molecule has 1 spiro atoms. The van der Waals surface area contributed by atoms with Gasteiger partial charge in [0.15, 0.2) is 0 Å². The molecule has 24 heavy (non-hydrogen) atoms. The zero-order chi connectivity index (χ0) is 16.3. The third kappa shape index (κ3) is 1.97. The second-order valence-electron chi connectivity index (χ2n) is 8.17. The van der Waals surface area contributed by atoms with Crippen LogP contribution in [0.5, 0.6) is 0 Å². The largest absolute Gasteiger partial charge is 0.299 e. The maximum atomic E-state index is 12.5. The Bertz CT molecular complexity index is 888. The van der Waals surface area contributed by atoms with Crippen molar-refractivity contribution in [3.8, 4) is 0 Å². The van der Waals surface area contributed by atoms with Gasteiger partial charge in [-0.25, -0.2) is 0 Å². The van der Waals surface area contributed by atoms with E-state index in [1.165, 1.54) is 46.7 Å². The number of hydrogen-bond acceptors (Lipinski definition) is 1. The van der Waals surface area contributed by atoms with Crippen molar-refractivity contribution < 1.29 is 4.79 Å². The van der Waals surface area contributed by atoms with Crippen LogP contribution >= 0.6 is 0 Å². The maximum Gasteiger partial charge on any atom is 0.138 e. The topological polar surface area (TPSA) is 17.1 Å². The Labute approximate surface area is 143 Å². The third-order valence-corrected chi connectivity index (χ3v) is 6.63. The van der Waals surface area contributed by atoms with Crippen molar-refractivity contribution in [3.05, 3.63) is 58.7 Å². The SMILES string of the molecule is CCCc1ccc2cc3c(cc2c1)CC(=O)CC31CC2=CCC1C2. The fraction of sp³-hybridized carbons (Fsp3) is 0.435. The van der Waals surface area contributed by atoms with Gasteiger partial charge in [-0.15, -0.1) is 0 Å². The van der Waals surface area contributed by atoms with Gasteiger partial charge in [-0.1, -0.05) is 55.3 Å². The Kier molecular flexibility index (Phi) is 3.04. The molecule has 0 heterocycles. The van der Waals surface area contributed by atoms with Crippen LogP contribution in [0.4, 0.5) is 0 Å². The average Bonchev–Trinajstić information content (AvgIpc) is 3.15. The Hall–Kier alpha value is -1.89. The average molecular weight is 316 g/mol. The van der Waals surface area contributed by atoms with Crippen LogP contribution in [0.1, 0.15) is 55.7 Å². The van der Waals surface area contributed by atoms with E-state index >= 15 is 0 Å². The van der Waals surface area contributed by atoms with Gasteiger partial charge < -0.3 is 0 Å². The summed E-state index contributed by atoms with van der Waals surface area (Å²) in [5, 5.41) is 2.66. The lowest BCUT2D eigenvalue weighted by Gasteiger charge is -2.41. The first-order valence-electron chi connectivity index (χ1n) is 9.43. The Morgan fingerprint density at radius 2 is 2.04 bits per heavy atom. The smallest absolute Gasteiger partial charge is 0.138 e. The molecular formula is C23H24O. The number of carbonyl (C=O) groups is 1. The van der Waals surface area contributed by atoms with Crippen LogP contribution in [-0.2, 0) is 23.1 Å². The quantitative estimate of drug-likeness (QED) is 0.688. The van der Waals surface area contributed by atoms with E-state index in [1.807, 2.05) is 0 Å². The molecule has 0 saturated heterocycles. The molecule has 3 aliphatic rings. The van der Waals surface area contributed by atoms with Gasteiger partial charge in [-0.3, -0.25) is 4.79 Å². The molecule has 1 saturated carbocycles. The van der Waals surface area contributed by atoms with Crippen LogP contribution in [-0.4, -0.2) is 5.78 Å². The highest BCUT2D eigenvalue weighted by atomic mass is 16.1. The van der Waals surface area contributed by atoms with Crippen LogP contribution < -0.4 is 0 Å². The molecule has 122 valence electrons. The lowest BCUT2D eigenvalue weighted by Crippen LogP contribution is -2.39. The highest BCUT2D eigenvalue weighted by Gasteiger charge is 2.51. The molecule has 0 aromatic heterocycles. The fourth-order valence-electron chi connectivity index (χ4n) is 5.60. The number of Topliss-reactive ketones (excluding diaryl/α,β-unsaturated/α-hetero) is 1. The number of fused-ring (bicyclic) bond motifs is 6. The van der Waals surface area contributed by atoms with Crippen molar-refractivity contribution in [1.29, 1.82) is 0 Å². The van der Waals surface area contributed by atoms with Gasteiger partial charge in [0.05, 0.1) is 0 Å². The summed E-state index contributed by atoms with van der Waals surface area (Å²) < 4.78 is 0. The van der Waals surface area contributed by atoms with Gasteiger partial charge in [0.1, 0.15) is 5.78 Å². The first-order chi connectivity index (χ1) is 11.7. The zero-order valence-corrected chi connectivity index (χ0v) is 14.4. The number of ketones is 1. The number of carbonyl (C=O) groups excluding carboxylic acids is 1. The van der Waals surface area contributed by atoms with Crippen molar-refractivity contribution in [2.75, 3.05) is 0 Å². The molecule has 0 radical (unpaired) electrons. The number of hydrogen-bond donors (Lipinski definition) is 0. The van der Waals surface area contributed by atoms with Gasteiger partial charge in [0.25, 0.3) is 0 Å². The van der Waals surface area contributed by atoms with E-state index in [4.69, 9.17) is 0 Å². The predicted octanol–water partition coefficient (Wildman–Crippen LogP) is 5.29. The lowest BCUT2D eigenvalue weighted by atomic mass is 9.62. The fourth-order valence-corrected chi connectivity index (χ4v) is 5.60. The summed E-state index contributed by atoms with van der Waals surface area (Å²) in [7, 11) is 0. The predicted molar refractivity (Wildman–Crippen MR) is 98.4 cm³/mol. The first kappa shape index (κ1) is 14.5. The van der Waals surface area contributed by atoms with E-state index in [1.54, 1.807) is 5.57 Å². The summed E-state index contributed by atoms with van der Waals surface area (Å²) in [6, 6.07) is 11.6. The summed E-state index contributed by atoms with van der Waals surface area (Å²) >= 11 is 0. The monoisotopic (exact) mass is 316 g/mol. The molecule has 1 nitrogen and oxygen atoms in total. The lowest BCUT2D eigenvalue weighted by molar-refractivity contribution is -0.120. The molecule has 2 atom stereocenters. The van der Waals surface area contributed by atoms with Crippen LogP contribution in [0.15, 0.2) is 42.0 Å². The summed E-state index contributed by atoms with van der Waals surface area (Å²) in [6.45, 7) is 2.23. The van der Waals surface area contributed by atoms with E-state index in [9.17, 15) is 4.79 Å². The Morgan fingerprint density at radius 3 is 2.79 bits per heavy atom. The summed E-state index contributed by atoms with van der Waals surface area (Å²) in [6.07, 6.45) is 9.65. The maximum absolute atomic E-state index is 12.5. The molecule has 1 fully saturated rings. The molecule has 2 aromatic carbocycles. The second-order valence-corrected chi connectivity index (χ2v) is 8.17. The molecule has 5 rings (SSSR count). The van der Waals surface area contributed by atoms with Crippen LogP contribution in [0, 0.1) is 5.92 Å². The van der Waals surface area contributed by atoms with E-state index < -0.39 is 0 Å². The molecule has 3 aliphatic carbocycles. The molecule has 2 bridgehead atoms. The van der Waals surface area contributed by atoms with Crippen molar-refractivity contribution in [2.24, 2.45) is 5.92 Å².